The third-order valence-electron chi connectivity index (χ3n) is 4.38. The van der Waals surface area contributed by atoms with Gasteiger partial charge in [-0.05, 0) is 37.1 Å². The van der Waals surface area contributed by atoms with Crippen molar-refractivity contribution in [1.82, 2.24) is 24.8 Å². The Hall–Kier alpha value is -2.38. The highest BCUT2D eigenvalue weighted by molar-refractivity contribution is 7.13. The van der Waals surface area contributed by atoms with Crippen LogP contribution in [0.3, 0.4) is 0 Å². The van der Waals surface area contributed by atoms with Crippen LogP contribution in [0.5, 0.6) is 0 Å². The maximum absolute atomic E-state index is 4.72. The van der Waals surface area contributed by atoms with Crippen molar-refractivity contribution in [3.8, 4) is 0 Å². The quantitative estimate of drug-likeness (QED) is 0.759. The van der Waals surface area contributed by atoms with Gasteiger partial charge in [-0.25, -0.2) is 15.0 Å². The zero-order valence-electron chi connectivity index (χ0n) is 13.9. The number of hydrogen-bond acceptors (Lipinski definition) is 7. The minimum atomic E-state index is 0.435. The Morgan fingerprint density at radius 2 is 2.20 bits per heavy atom. The van der Waals surface area contributed by atoms with Gasteiger partial charge in [0.2, 0.25) is 5.95 Å². The van der Waals surface area contributed by atoms with Gasteiger partial charge in [-0.2, -0.15) is 0 Å². The van der Waals surface area contributed by atoms with Crippen molar-refractivity contribution in [1.29, 1.82) is 0 Å². The number of thiazole rings is 1. The van der Waals surface area contributed by atoms with Gasteiger partial charge in [-0.1, -0.05) is 6.07 Å². The third-order valence-corrected chi connectivity index (χ3v) is 5.07. The Labute approximate surface area is 151 Å². The lowest BCUT2D eigenvalue weighted by molar-refractivity contribution is 0.198. The van der Waals surface area contributed by atoms with Gasteiger partial charge in [-0.15, -0.1) is 11.3 Å². The summed E-state index contributed by atoms with van der Waals surface area (Å²) in [6, 6.07) is 6.17. The van der Waals surface area contributed by atoms with Crippen molar-refractivity contribution in [2.75, 3.05) is 18.4 Å². The summed E-state index contributed by atoms with van der Waals surface area (Å²) in [5, 5.41) is 5.93. The van der Waals surface area contributed by atoms with E-state index in [0.29, 0.717) is 11.9 Å². The molecule has 1 aliphatic heterocycles. The van der Waals surface area contributed by atoms with Crippen molar-refractivity contribution in [2.45, 2.75) is 25.3 Å². The molecule has 25 heavy (non-hydrogen) atoms. The minimum absolute atomic E-state index is 0.435. The molecule has 6 nitrogen and oxygen atoms in total. The van der Waals surface area contributed by atoms with E-state index in [1.807, 2.05) is 36.1 Å². The summed E-state index contributed by atoms with van der Waals surface area (Å²) >= 11 is 1.54. The fraction of sp³-hybridized carbons (Fsp3) is 0.333. The van der Waals surface area contributed by atoms with Crippen LogP contribution in [0.15, 0.2) is 48.4 Å². The lowest BCUT2D eigenvalue weighted by Gasteiger charge is -2.32. The molecule has 4 rings (SSSR count). The van der Waals surface area contributed by atoms with Crippen LogP contribution >= 0.6 is 11.3 Å². The Balaban J connectivity index is 1.44. The number of aromatic nitrogens is 4. The Bertz CT molecular complexity index is 792. The summed E-state index contributed by atoms with van der Waals surface area (Å²) in [5.41, 5.74) is 2.36. The van der Waals surface area contributed by atoms with E-state index in [2.05, 4.69) is 31.2 Å². The fourth-order valence-corrected chi connectivity index (χ4v) is 3.75. The Morgan fingerprint density at radius 1 is 1.20 bits per heavy atom. The second-order valence-electron chi connectivity index (χ2n) is 6.20. The molecule has 3 aromatic rings. The van der Waals surface area contributed by atoms with Gasteiger partial charge in [0.15, 0.2) is 5.13 Å². The van der Waals surface area contributed by atoms with Crippen molar-refractivity contribution in [3.63, 3.8) is 0 Å². The molecule has 1 fully saturated rings. The molecule has 7 heteroatoms. The standard InChI is InChI=1S/C18H20N6S/c1-3-14(11-19-6-1)12-24-9-2-4-15(13-24)16-5-7-20-17(22-16)23-18-21-8-10-25-18/h1,3,5-8,10-11,15H,2,4,9,12-13H2,(H,20,21,22,23). The summed E-state index contributed by atoms with van der Waals surface area (Å²) in [7, 11) is 0. The molecule has 1 saturated heterocycles. The lowest BCUT2D eigenvalue weighted by atomic mass is 9.94. The second kappa shape index (κ2) is 7.67. The smallest absolute Gasteiger partial charge is 0.229 e. The number of nitrogens with zero attached hydrogens (tertiary/aromatic N) is 5. The number of rotatable bonds is 5. The van der Waals surface area contributed by atoms with Gasteiger partial charge in [-0.3, -0.25) is 9.88 Å². The molecule has 0 amide bonds. The highest BCUT2D eigenvalue weighted by atomic mass is 32.1. The highest BCUT2D eigenvalue weighted by Crippen LogP contribution is 2.27. The Kier molecular flexibility index (Phi) is 4.94. The van der Waals surface area contributed by atoms with Crippen LogP contribution in [0.4, 0.5) is 11.1 Å². The average molecular weight is 352 g/mol. The largest absolute Gasteiger partial charge is 0.300 e. The zero-order chi connectivity index (χ0) is 16.9. The molecule has 4 heterocycles. The fourth-order valence-electron chi connectivity index (χ4n) is 3.23. The van der Waals surface area contributed by atoms with Crippen LogP contribution < -0.4 is 5.32 Å². The Morgan fingerprint density at radius 3 is 3.04 bits per heavy atom. The van der Waals surface area contributed by atoms with Gasteiger partial charge in [0, 0.05) is 49.2 Å². The van der Waals surface area contributed by atoms with Gasteiger partial charge in [0.25, 0.3) is 0 Å². The first-order valence-corrected chi connectivity index (χ1v) is 9.35. The molecule has 1 unspecified atom stereocenters. The summed E-state index contributed by atoms with van der Waals surface area (Å²) in [6.07, 6.45) is 9.72. The number of nitrogens with one attached hydrogen (secondary N) is 1. The van der Waals surface area contributed by atoms with E-state index in [1.54, 1.807) is 17.5 Å². The number of hydrogen-bond donors (Lipinski definition) is 1. The average Bonchev–Trinajstić information content (AvgIpc) is 3.16. The maximum atomic E-state index is 4.72. The monoisotopic (exact) mass is 352 g/mol. The van der Waals surface area contributed by atoms with Crippen LogP contribution in [-0.2, 0) is 6.54 Å². The van der Waals surface area contributed by atoms with Crippen molar-refractivity contribution < 1.29 is 0 Å². The molecule has 0 spiro atoms. The molecule has 128 valence electrons. The van der Waals surface area contributed by atoms with Gasteiger partial charge < -0.3 is 5.32 Å². The van der Waals surface area contributed by atoms with E-state index in [0.717, 1.165) is 36.9 Å². The molecule has 0 radical (unpaired) electrons. The molecule has 0 aliphatic carbocycles. The first-order chi connectivity index (χ1) is 12.4. The SMILES string of the molecule is c1cncc(CN2CCCC(c3ccnc(Nc4nccs4)n3)C2)c1. The third kappa shape index (κ3) is 4.18. The lowest BCUT2D eigenvalue weighted by Crippen LogP contribution is -2.34. The molecule has 3 aromatic heterocycles. The summed E-state index contributed by atoms with van der Waals surface area (Å²) < 4.78 is 0. The molecular formula is C18H20N6S. The van der Waals surface area contributed by atoms with E-state index >= 15 is 0 Å². The number of piperidine rings is 1. The summed E-state index contributed by atoms with van der Waals surface area (Å²) in [5.74, 6) is 1.06. The number of pyridine rings is 1. The van der Waals surface area contributed by atoms with Gasteiger partial charge in [0.05, 0.1) is 5.69 Å². The first-order valence-electron chi connectivity index (χ1n) is 8.47. The van der Waals surface area contributed by atoms with Gasteiger partial charge in [0.1, 0.15) is 0 Å². The molecule has 0 bridgehead atoms. The van der Waals surface area contributed by atoms with Crippen LogP contribution in [0.2, 0.25) is 0 Å². The van der Waals surface area contributed by atoms with Crippen molar-refractivity contribution in [3.05, 3.63) is 59.6 Å². The zero-order valence-corrected chi connectivity index (χ0v) is 14.7. The van der Waals surface area contributed by atoms with Gasteiger partial charge >= 0.3 is 0 Å². The predicted molar refractivity (Wildman–Crippen MR) is 98.9 cm³/mol. The normalized spacial score (nSPS) is 18.2. The van der Waals surface area contributed by atoms with Crippen LogP contribution in [0, 0.1) is 0 Å². The van der Waals surface area contributed by atoms with E-state index in [4.69, 9.17) is 4.98 Å². The summed E-state index contributed by atoms with van der Waals surface area (Å²) in [6.45, 7) is 3.09. The molecule has 0 aromatic carbocycles. The van der Waals surface area contributed by atoms with Crippen LogP contribution in [-0.4, -0.2) is 37.9 Å². The topological polar surface area (TPSA) is 66.8 Å². The van der Waals surface area contributed by atoms with Crippen LogP contribution in [0.1, 0.15) is 30.0 Å². The van der Waals surface area contributed by atoms with E-state index in [-0.39, 0.29) is 0 Å². The molecular weight excluding hydrogens is 332 g/mol. The van der Waals surface area contributed by atoms with Crippen molar-refractivity contribution in [2.24, 2.45) is 0 Å². The minimum Gasteiger partial charge on any atom is -0.300 e. The number of likely N-dealkylation sites (tertiary alicyclic amines) is 1. The van der Waals surface area contributed by atoms with E-state index in [9.17, 15) is 0 Å². The maximum Gasteiger partial charge on any atom is 0.229 e. The first kappa shape index (κ1) is 16.1. The highest BCUT2D eigenvalue weighted by Gasteiger charge is 2.23. The molecule has 1 aliphatic rings. The van der Waals surface area contributed by atoms with E-state index in [1.165, 1.54) is 12.0 Å². The molecule has 1 N–H and O–H groups in total. The summed E-state index contributed by atoms with van der Waals surface area (Å²) in [4.78, 5) is 20.0. The molecule has 0 saturated carbocycles. The predicted octanol–water partition coefficient (Wildman–Crippen LogP) is 3.45. The van der Waals surface area contributed by atoms with E-state index < -0.39 is 0 Å². The van der Waals surface area contributed by atoms with Crippen molar-refractivity contribution >= 4 is 22.4 Å². The number of anilines is 2. The molecule has 1 atom stereocenters. The van der Waals surface area contributed by atoms with Crippen LogP contribution in [0.25, 0.3) is 0 Å². The second-order valence-corrected chi connectivity index (χ2v) is 7.10.